The van der Waals surface area contributed by atoms with Crippen molar-refractivity contribution < 1.29 is 4.68 Å². The van der Waals surface area contributed by atoms with E-state index in [4.69, 9.17) is 0 Å². The summed E-state index contributed by atoms with van der Waals surface area (Å²) in [6.45, 7) is 0.664. The van der Waals surface area contributed by atoms with E-state index in [1.54, 1.807) is 15.3 Å². The van der Waals surface area contributed by atoms with E-state index in [1.807, 2.05) is 48.7 Å². The minimum absolute atomic E-state index is 0.122. The molecule has 4 nitrogen and oxygen atoms in total. The zero-order valence-electron chi connectivity index (χ0n) is 9.21. The highest BCUT2D eigenvalue weighted by Crippen LogP contribution is 1.98. The molecular formula is C13H12N3O+. The zero-order chi connectivity index (χ0) is 11.7. The summed E-state index contributed by atoms with van der Waals surface area (Å²) in [5.74, 6) is 0. The summed E-state index contributed by atoms with van der Waals surface area (Å²) in [4.78, 5) is 11.7. The number of benzene rings is 1. The van der Waals surface area contributed by atoms with Crippen molar-refractivity contribution in [2.45, 2.75) is 6.54 Å². The van der Waals surface area contributed by atoms with Gasteiger partial charge in [0.05, 0.1) is 0 Å². The SMILES string of the molecule is O=c1[nH][n+](Cc2ccccc2)cc2cccn12. The monoisotopic (exact) mass is 226 g/mol. The van der Waals surface area contributed by atoms with Crippen LogP contribution in [-0.4, -0.2) is 9.50 Å². The van der Waals surface area contributed by atoms with Crippen LogP contribution in [0.4, 0.5) is 0 Å². The number of nitrogens with zero attached hydrogens (tertiary/aromatic N) is 2. The summed E-state index contributed by atoms with van der Waals surface area (Å²) < 4.78 is 3.38. The molecule has 0 spiro atoms. The van der Waals surface area contributed by atoms with Crippen LogP contribution >= 0.6 is 0 Å². The first-order valence-corrected chi connectivity index (χ1v) is 5.47. The second-order valence-corrected chi connectivity index (χ2v) is 3.96. The molecule has 84 valence electrons. The summed E-state index contributed by atoms with van der Waals surface area (Å²) in [5.41, 5.74) is 1.93. The molecule has 1 aromatic carbocycles. The molecule has 0 aliphatic heterocycles. The van der Waals surface area contributed by atoms with E-state index in [0.29, 0.717) is 6.54 Å². The molecule has 3 aromatic rings. The second kappa shape index (κ2) is 3.90. The summed E-state index contributed by atoms with van der Waals surface area (Å²) in [7, 11) is 0. The summed E-state index contributed by atoms with van der Waals surface area (Å²) in [6, 6.07) is 13.8. The summed E-state index contributed by atoms with van der Waals surface area (Å²) in [5, 5.41) is 2.81. The van der Waals surface area contributed by atoms with Crippen molar-refractivity contribution in [3.63, 3.8) is 0 Å². The molecule has 4 heteroatoms. The van der Waals surface area contributed by atoms with Crippen LogP contribution in [0.2, 0.25) is 0 Å². The van der Waals surface area contributed by atoms with Gasteiger partial charge in [0.2, 0.25) is 6.20 Å². The lowest BCUT2D eigenvalue weighted by molar-refractivity contribution is -0.747. The van der Waals surface area contributed by atoms with Crippen molar-refractivity contribution in [3.05, 3.63) is 70.9 Å². The lowest BCUT2D eigenvalue weighted by atomic mass is 10.2. The fourth-order valence-corrected chi connectivity index (χ4v) is 1.92. The normalized spacial score (nSPS) is 10.8. The Labute approximate surface area is 97.8 Å². The van der Waals surface area contributed by atoms with Gasteiger partial charge >= 0.3 is 5.69 Å². The molecule has 0 unspecified atom stereocenters. The van der Waals surface area contributed by atoms with Crippen LogP contribution in [0.3, 0.4) is 0 Å². The molecule has 2 aromatic heterocycles. The number of nitrogens with one attached hydrogen (secondary N) is 1. The van der Waals surface area contributed by atoms with Gasteiger partial charge in [0.25, 0.3) is 0 Å². The molecule has 0 aliphatic rings. The van der Waals surface area contributed by atoms with Crippen molar-refractivity contribution in [2.75, 3.05) is 0 Å². The summed E-state index contributed by atoms with van der Waals surface area (Å²) >= 11 is 0. The van der Waals surface area contributed by atoms with Crippen LogP contribution in [-0.2, 0) is 6.54 Å². The number of aromatic amines is 1. The summed E-state index contributed by atoms with van der Waals surface area (Å²) in [6.07, 6.45) is 3.68. The van der Waals surface area contributed by atoms with Gasteiger partial charge in [-0.25, -0.2) is 4.79 Å². The van der Waals surface area contributed by atoms with Crippen LogP contribution in [0.5, 0.6) is 0 Å². The van der Waals surface area contributed by atoms with Crippen LogP contribution in [0.15, 0.2) is 59.7 Å². The van der Waals surface area contributed by atoms with E-state index in [1.165, 1.54) is 0 Å². The maximum Gasteiger partial charge on any atom is 0.379 e. The van der Waals surface area contributed by atoms with Crippen LogP contribution < -0.4 is 10.4 Å². The predicted molar refractivity (Wildman–Crippen MR) is 63.8 cm³/mol. The van der Waals surface area contributed by atoms with Gasteiger partial charge < -0.3 is 0 Å². The minimum Gasteiger partial charge on any atom is -0.260 e. The lowest BCUT2D eigenvalue weighted by Crippen LogP contribution is -2.44. The Kier molecular flexibility index (Phi) is 2.26. The topological polar surface area (TPSA) is 41.2 Å². The fraction of sp³-hybridized carbons (Fsp3) is 0.0769. The Hall–Kier alpha value is -2.36. The third kappa shape index (κ3) is 1.85. The van der Waals surface area contributed by atoms with Crippen molar-refractivity contribution >= 4 is 5.52 Å². The van der Waals surface area contributed by atoms with Crippen molar-refractivity contribution in [3.8, 4) is 0 Å². The van der Waals surface area contributed by atoms with E-state index >= 15 is 0 Å². The smallest absolute Gasteiger partial charge is 0.260 e. The number of fused-ring (bicyclic) bond motifs is 1. The molecule has 1 N–H and O–H groups in total. The predicted octanol–water partition coefficient (Wildman–Crippen LogP) is 0.963. The van der Waals surface area contributed by atoms with Gasteiger partial charge in [0.15, 0.2) is 6.54 Å². The van der Waals surface area contributed by atoms with Crippen molar-refractivity contribution in [1.29, 1.82) is 0 Å². The largest absolute Gasteiger partial charge is 0.379 e. The average molecular weight is 226 g/mol. The number of rotatable bonds is 2. The fourth-order valence-electron chi connectivity index (χ4n) is 1.92. The minimum atomic E-state index is -0.122. The van der Waals surface area contributed by atoms with E-state index in [0.717, 1.165) is 11.1 Å². The van der Waals surface area contributed by atoms with Gasteiger partial charge in [0.1, 0.15) is 5.52 Å². The Morgan fingerprint density at radius 3 is 2.76 bits per heavy atom. The van der Waals surface area contributed by atoms with Gasteiger partial charge in [-0.05, 0) is 12.1 Å². The quantitative estimate of drug-likeness (QED) is 0.650. The molecular weight excluding hydrogens is 214 g/mol. The molecule has 0 radical (unpaired) electrons. The van der Waals surface area contributed by atoms with Crippen LogP contribution in [0, 0.1) is 0 Å². The highest BCUT2D eigenvalue weighted by atomic mass is 16.1. The number of H-pyrrole nitrogens is 1. The van der Waals surface area contributed by atoms with E-state index < -0.39 is 0 Å². The molecule has 0 amide bonds. The van der Waals surface area contributed by atoms with Gasteiger partial charge in [-0.1, -0.05) is 30.3 Å². The Morgan fingerprint density at radius 2 is 1.94 bits per heavy atom. The Morgan fingerprint density at radius 1 is 1.12 bits per heavy atom. The molecule has 17 heavy (non-hydrogen) atoms. The Bertz CT molecular complexity index is 697. The first-order valence-electron chi connectivity index (χ1n) is 5.47. The van der Waals surface area contributed by atoms with Crippen LogP contribution in [0.1, 0.15) is 5.56 Å². The highest BCUT2D eigenvalue weighted by Gasteiger charge is 2.07. The maximum absolute atomic E-state index is 11.7. The number of hydrogen-bond donors (Lipinski definition) is 1. The molecule has 0 saturated carbocycles. The zero-order valence-corrected chi connectivity index (χ0v) is 9.21. The number of aromatic nitrogens is 3. The van der Waals surface area contributed by atoms with Crippen LogP contribution in [0.25, 0.3) is 5.52 Å². The molecule has 0 bridgehead atoms. The average Bonchev–Trinajstić information content (AvgIpc) is 2.79. The first-order chi connectivity index (χ1) is 8.33. The van der Waals surface area contributed by atoms with Gasteiger partial charge in [-0.3, -0.25) is 4.40 Å². The van der Waals surface area contributed by atoms with Gasteiger partial charge in [0, 0.05) is 11.8 Å². The van der Waals surface area contributed by atoms with Crippen molar-refractivity contribution in [1.82, 2.24) is 9.50 Å². The molecule has 0 atom stereocenters. The Balaban J connectivity index is 2.04. The third-order valence-corrected chi connectivity index (χ3v) is 2.72. The molecule has 0 fully saturated rings. The van der Waals surface area contributed by atoms with E-state index in [-0.39, 0.29) is 5.69 Å². The second-order valence-electron chi connectivity index (χ2n) is 3.96. The molecule has 3 rings (SSSR count). The number of hydrogen-bond acceptors (Lipinski definition) is 1. The first kappa shape index (κ1) is 9.84. The van der Waals surface area contributed by atoms with E-state index in [9.17, 15) is 4.79 Å². The van der Waals surface area contributed by atoms with Crippen molar-refractivity contribution in [2.24, 2.45) is 0 Å². The van der Waals surface area contributed by atoms with Gasteiger partial charge in [-0.2, -0.15) is 0 Å². The molecule has 0 aliphatic carbocycles. The highest BCUT2D eigenvalue weighted by molar-refractivity contribution is 5.42. The standard InChI is InChI=1S/C13H11N3O/c17-13-14-15(9-11-5-2-1-3-6-11)10-12-7-4-8-16(12)13/h1-8,10H,9H2/p+1. The van der Waals surface area contributed by atoms with E-state index in [2.05, 4.69) is 5.10 Å². The molecule has 0 saturated heterocycles. The molecule has 2 heterocycles. The maximum atomic E-state index is 11.7. The van der Waals surface area contributed by atoms with Gasteiger partial charge in [-0.15, -0.1) is 9.78 Å². The lowest BCUT2D eigenvalue weighted by Gasteiger charge is -1.97. The third-order valence-electron chi connectivity index (χ3n) is 2.72.